The van der Waals surface area contributed by atoms with Gasteiger partial charge in [-0.1, -0.05) is 31.2 Å². The van der Waals surface area contributed by atoms with Crippen molar-refractivity contribution in [3.63, 3.8) is 0 Å². The molecule has 34 heavy (non-hydrogen) atoms. The van der Waals surface area contributed by atoms with Gasteiger partial charge in [-0.2, -0.15) is 0 Å². The van der Waals surface area contributed by atoms with Gasteiger partial charge in [0.15, 0.2) is 5.78 Å². The first-order valence-electron chi connectivity index (χ1n) is 10.8. The maximum absolute atomic E-state index is 13.4. The van der Waals surface area contributed by atoms with Crippen molar-refractivity contribution in [1.29, 1.82) is 0 Å². The van der Waals surface area contributed by atoms with E-state index in [0.29, 0.717) is 24.1 Å². The monoisotopic (exact) mass is 491 g/mol. The van der Waals surface area contributed by atoms with Crippen molar-refractivity contribution in [3.05, 3.63) is 65.5 Å². The van der Waals surface area contributed by atoms with Crippen LogP contribution in [-0.4, -0.2) is 56.3 Å². The number of benzene rings is 2. The van der Waals surface area contributed by atoms with E-state index in [1.54, 1.807) is 13.0 Å². The Bertz CT molecular complexity index is 1140. The van der Waals surface area contributed by atoms with E-state index < -0.39 is 34.3 Å². The van der Waals surface area contributed by atoms with Gasteiger partial charge >= 0.3 is 0 Å². The van der Waals surface area contributed by atoms with Crippen LogP contribution in [0, 0.1) is 5.82 Å². The zero-order chi connectivity index (χ0) is 25.5. The molecule has 0 aromatic heterocycles. The van der Waals surface area contributed by atoms with Crippen LogP contribution < -0.4 is 9.62 Å². The maximum atomic E-state index is 13.4. The van der Waals surface area contributed by atoms with Crippen LogP contribution in [0.3, 0.4) is 0 Å². The van der Waals surface area contributed by atoms with Gasteiger partial charge in [0.1, 0.15) is 18.4 Å². The Morgan fingerprint density at radius 2 is 1.74 bits per heavy atom. The molecular formula is C24H30FN3O5S. The highest BCUT2D eigenvalue weighted by atomic mass is 32.2. The van der Waals surface area contributed by atoms with E-state index >= 15 is 0 Å². The molecule has 2 rings (SSSR count). The molecule has 0 spiro atoms. The number of halogens is 1. The number of hydrogen-bond donors (Lipinski definition) is 1. The number of nitrogens with zero attached hydrogens (tertiary/aromatic N) is 2. The average Bonchev–Trinajstić information content (AvgIpc) is 2.79. The summed E-state index contributed by atoms with van der Waals surface area (Å²) in [5.74, 6) is -1.70. The molecule has 0 bridgehead atoms. The van der Waals surface area contributed by atoms with Crippen LogP contribution in [0.4, 0.5) is 10.1 Å². The van der Waals surface area contributed by atoms with Crippen LogP contribution in [0.2, 0.25) is 0 Å². The minimum absolute atomic E-state index is 0.0229. The normalized spacial score (nSPS) is 12.0. The molecule has 0 heterocycles. The third-order valence-electron chi connectivity index (χ3n) is 5.20. The molecule has 0 saturated heterocycles. The number of hydrogen-bond acceptors (Lipinski definition) is 5. The van der Waals surface area contributed by atoms with Crippen LogP contribution in [0.25, 0.3) is 0 Å². The van der Waals surface area contributed by atoms with Crippen molar-refractivity contribution in [2.24, 2.45) is 0 Å². The van der Waals surface area contributed by atoms with Crippen molar-refractivity contribution < 1.29 is 27.2 Å². The number of carbonyl (C=O) groups is 3. The predicted octanol–water partition coefficient (Wildman–Crippen LogP) is 2.74. The van der Waals surface area contributed by atoms with E-state index in [4.69, 9.17) is 0 Å². The lowest BCUT2D eigenvalue weighted by Gasteiger charge is -2.31. The molecule has 2 amide bonds. The van der Waals surface area contributed by atoms with Crippen molar-refractivity contribution in [2.45, 2.75) is 39.8 Å². The summed E-state index contributed by atoms with van der Waals surface area (Å²) in [6, 6.07) is 10.6. The summed E-state index contributed by atoms with van der Waals surface area (Å²) < 4.78 is 39.4. The first-order chi connectivity index (χ1) is 15.9. The van der Waals surface area contributed by atoms with Crippen LogP contribution in [-0.2, 0) is 26.2 Å². The molecule has 8 nitrogen and oxygen atoms in total. The van der Waals surface area contributed by atoms with E-state index in [-0.39, 0.29) is 23.9 Å². The second-order valence-corrected chi connectivity index (χ2v) is 9.90. The van der Waals surface area contributed by atoms with Crippen molar-refractivity contribution in [1.82, 2.24) is 10.2 Å². The van der Waals surface area contributed by atoms with Crippen molar-refractivity contribution in [2.75, 3.05) is 23.7 Å². The molecule has 2 aromatic rings. The number of sulfonamides is 1. The molecule has 0 aliphatic rings. The second kappa shape index (κ2) is 11.7. The van der Waals surface area contributed by atoms with Crippen molar-refractivity contribution >= 4 is 33.3 Å². The first-order valence-corrected chi connectivity index (χ1v) is 12.7. The number of rotatable bonds is 11. The van der Waals surface area contributed by atoms with Gasteiger partial charge in [-0.15, -0.1) is 0 Å². The number of carbonyl (C=O) groups excluding carboxylic acids is 3. The highest BCUT2D eigenvalue weighted by Gasteiger charge is 2.30. The third kappa shape index (κ3) is 7.38. The van der Waals surface area contributed by atoms with E-state index in [9.17, 15) is 27.2 Å². The Hall–Kier alpha value is -3.27. The molecule has 0 radical (unpaired) electrons. The summed E-state index contributed by atoms with van der Waals surface area (Å²) in [5.41, 5.74) is 1.04. The largest absolute Gasteiger partial charge is 0.354 e. The summed E-state index contributed by atoms with van der Waals surface area (Å²) >= 11 is 0. The molecule has 2 aromatic carbocycles. The van der Waals surface area contributed by atoms with Gasteiger partial charge in [0.05, 0.1) is 11.9 Å². The number of anilines is 1. The average molecular weight is 492 g/mol. The number of amides is 2. The molecule has 0 aliphatic heterocycles. The zero-order valence-electron chi connectivity index (χ0n) is 19.7. The number of ketones is 1. The van der Waals surface area contributed by atoms with Crippen LogP contribution in [0.5, 0.6) is 0 Å². The Kier molecular flexibility index (Phi) is 9.31. The van der Waals surface area contributed by atoms with Gasteiger partial charge in [0.2, 0.25) is 21.8 Å². The third-order valence-corrected chi connectivity index (χ3v) is 6.34. The second-order valence-electron chi connectivity index (χ2n) is 7.99. The van der Waals surface area contributed by atoms with Gasteiger partial charge in [-0.05, 0) is 50.1 Å². The molecule has 1 N–H and O–H groups in total. The molecule has 0 fully saturated rings. The lowest BCUT2D eigenvalue weighted by molar-refractivity contribution is -0.139. The van der Waals surface area contributed by atoms with Crippen LogP contribution in [0.15, 0.2) is 48.5 Å². The lowest BCUT2D eigenvalue weighted by Crippen LogP contribution is -2.51. The van der Waals surface area contributed by atoms with Gasteiger partial charge in [0, 0.05) is 18.7 Å². The highest BCUT2D eigenvalue weighted by molar-refractivity contribution is 7.92. The Balaban J connectivity index is 2.40. The van der Waals surface area contributed by atoms with E-state index in [1.165, 1.54) is 54.3 Å². The summed E-state index contributed by atoms with van der Waals surface area (Å²) in [7, 11) is -3.90. The van der Waals surface area contributed by atoms with Gasteiger partial charge in [-0.25, -0.2) is 12.8 Å². The number of nitrogens with one attached hydrogen (secondary N) is 1. The molecular weight excluding hydrogens is 461 g/mol. The van der Waals surface area contributed by atoms with Gasteiger partial charge in [-0.3, -0.25) is 18.7 Å². The number of Topliss-reactive ketones (excluding diaryl/α,β-unsaturated/α-hetero) is 1. The van der Waals surface area contributed by atoms with E-state index in [0.717, 1.165) is 10.6 Å². The maximum Gasteiger partial charge on any atom is 0.244 e. The highest BCUT2D eigenvalue weighted by Crippen LogP contribution is 2.21. The standard InChI is InChI=1S/C24H30FN3O5S/c1-5-13-26-24(31)17(2)27(15-19-9-11-21(25)12-10-19)23(30)16-28(34(4,32)33)22-8-6-7-20(14-22)18(3)29/h6-12,14,17H,5,13,15-16H2,1-4H3,(H,26,31)/t17-/m1/s1. The quantitative estimate of drug-likeness (QED) is 0.487. The minimum Gasteiger partial charge on any atom is -0.354 e. The van der Waals surface area contributed by atoms with Gasteiger partial charge < -0.3 is 10.2 Å². The fourth-order valence-corrected chi connectivity index (χ4v) is 4.10. The molecule has 0 saturated carbocycles. The fraction of sp³-hybridized carbons (Fsp3) is 0.375. The Morgan fingerprint density at radius 1 is 1.09 bits per heavy atom. The molecule has 184 valence electrons. The summed E-state index contributed by atoms with van der Waals surface area (Å²) in [6.45, 7) is 4.63. The molecule has 1 atom stereocenters. The van der Waals surface area contributed by atoms with Crippen LogP contribution >= 0.6 is 0 Å². The summed E-state index contributed by atoms with van der Waals surface area (Å²) in [5, 5.41) is 2.74. The zero-order valence-corrected chi connectivity index (χ0v) is 20.6. The smallest absolute Gasteiger partial charge is 0.244 e. The Morgan fingerprint density at radius 3 is 2.29 bits per heavy atom. The first kappa shape index (κ1) is 27.0. The topological polar surface area (TPSA) is 104 Å². The summed E-state index contributed by atoms with van der Waals surface area (Å²) in [6.07, 6.45) is 1.67. The SMILES string of the molecule is CCCNC(=O)[C@@H](C)N(Cc1ccc(F)cc1)C(=O)CN(c1cccc(C(C)=O)c1)S(C)(=O)=O. The van der Waals surface area contributed by atoms with Crippen molar-refractivity contribution in [3.8, 4) is 0 Å². The molecule has 0 aliphatic carbocycles. The fourth-order valence-electron chi connectivity index (χ4n) is 3.26. The lowest BCUT2D eigenvalue weighted by atomic mass is 10.1. The van der Waals surface area contributed by atoms with E-state index in [2.05, 4.69) is 5.32 Å². The van der Waals surface area contributed by atoms with E-state index in [1.807, 2.05) is 6.92 Å². The predicted molar refractivity (Wildman–Crippen MR) is 128 cm³/mol. The summed E-state index contributed by atoms with van der Waals surface area (Å²) in [4.78, 5) is 39.0. The van der Waals surface area contributed by atoms with Crippen LogP contribution in [0.1, 0.15) is 43.1 Å². The molecule has 10 heteroatoms. The van der Waals surface area contributed by atoms with Gasteiger partial charge in [0.25, 0.3) is 0 Å². The minimum atomic E-state index is -3.90. The Labute approximate surface area is 199 Å². The molecule has 0 unspecified atom stereocenters.